The molecule has 0 N–H and O–H groups in total. The minimum Gasteiger partial charge on any atom is -0.460 e. The highest BCUT2D eigenvalue weighted by Gasteiger charge is 2.22. The van der Waals surface area contributed by atoms with E-state index in [2.05, 4.69) is 30.9 Å². The average molecular weight is 226 g/mol. The molecule has 0 aromatic carbocycles. The van der Waals surface area contributed by atoms with Gasteiger partial charge in [-0.05, 0) is 17.5 Å². The summed E-state index contributed by atoms with van der Waals surface area (Å²) in [7, 11) is 0. The molecule has 0 saturated heterocycles. The molecule has 0 amide bonds. The van der Waals surface area contributed by atoms with Crippen LogP contribution in [-0.2, 0) is 11.2 Å². The van der Waals surface area contributed by atoms with Crippen LogP contribution in [0.4, 0.5) is 0 Å². The number of hydrogen-bond donors (Lipinski definition) is 0. The molecule has 0 bridgehead atoms. The number of rotatable bonds is 5. The van der Waals surface area contributed by atoms with E-state index in [0.717, 1.165) is 6.42 Å². The molecule has 0 aliphatic heterocycles. The SMILES string of the molecule is CCOC(=O)c1noc(CC(C)(C)CC)n1. The highest BCUT2D eigenvalue weighted by atomic mass is 16.5. The van der Waals surface area contributed by atoms with Gasteiger partial charge in [0.2, 0.25) is 5.89 Å². The van der Waals surface area contributed by atoms with Crippen molar-refractivity contribution in [2.24, 2.45) is 5.41 Å². The Labute approximate surface area is 95.2 Å². The van der Waals surface area contributed by atoms with Crippen molar-refractivity contribution < 1.29 is 14.1 Å². The average Bonchev–Trinajstić information content (AvgIpc) is 2.66. The maximum Gasteiger partial charge on any atom is 0.379 e. The standard InChI is InChI=1S/C11H18N2O3/c1-5-11(3,4)7-8-12-9(13-16-8)10(14)15-6-2/h5-7H2,1-4H3. The molecule has 0 spiro atoms. The third-order valence-electron chi connectivity index (χ3n) is 2.51. The van der Waals surface area contributed by atoms with E-state index in [9.17, 15) is 4.79 Å². The van der Waals surface area contributed by atoms with Crippen LogP contribution < -0.4 is 0 Å². The van der Waals surface area contributed by atoms with Crippen LogP contribution in [0.15, 0.2) is 4.52 Å². The van der Waals surface area contributed by atoms with Gasteiger partial charge in [-0.3, -0.25) is 0 Å². The number of carbonyl (C=O) groups excluding carboxylic acids is 1. The Bertz CT molecular complexity index is 358. The van der Waals surface area contributed by atoms with Crippen LogP contribution >= 0.6 is 0 Å². The molecule has 5 heteroatoms. The molecule has 0 fully saturated rings. The summed E-state index contributed by atoms with van der Waals surface area (Å²) in [4.78, 5) is 15.3. The van der Waals surface area contributed by atoms with Crippen LogP contribution in [0.25, 0.3) is 0 Å². The van der Waals surface area contributed by atoms with E-state index >= 15 is 0 Å². The minimum atomic E-state index is -0.535. The Morgan fingerprint density at radius 2 is 2.12 bits per heavy atom. The van der Waals surface area contributed by atoms with Crippen molar-refractivity contribution in [3.63, 3.8) is 0 Å². The first-order valence-electron chi connectivity index (χ1n) is 5.48. The van der Waals surface area contributed by atoms with Gasteiger partial charge in [0.15, 0.2) is 0 Å². The number of esters is 1. The Kier molecular flexibility index (Phi) is 4.04. The molecule has 1 heterocycles. The van der Waals surface area contributed by atoms with Crippen LogP contribution in [0.5, 0.6) is 0 Å². The molecule has 5 nitrogen and oxygen atoms in total. The lowest BCUT2D eigenvalue weighted by Crippen LogP contribution is -2.14. The lowest BCUT2D eigenvalue weighted by Gasteiger charge is -2.19. The second kappa shape index (κ2) is 5.09. The molecule has 16 heavy (non-hydrogen) atoms. The zero-order valence-electron chi connectivity index (χ0n) is 10.2. The third-order valence-corrected chi connectivity index (χ3v) is 2.51. The summed E-state index contributed by atoms with van der Waals surface area (Å²) in [6.07, 6.45) is 1.67. The Morgan fingerprint density at radius 3 is 2.69 bits per heavy atom. The van der Waals surface area contributed by atoms with Gasteiger partial charge in [-0.1, -0.05) is 27.2 Å². The summed E-state index contributed by atoms with van der Waals surface area (Å²) in [6, 6.07) is 0. The zero-order chi connectivity index (χ0) is 12.2. The molecule has 0 radical (unpaired) electrons. The zero-order valence-corrected chi connectivity index (χ0v) is 10.2. The van der Waals surface area contributed by atoms with Crippen molar-refractivity contribution in [2.75, 3.05) is 6.61 Å². The first kappa shape index (κ1) is 12.7. The monoisotopic (exact) mass is 226 g/mol. The van der Waals surface area contributed by atoms with Crippen molar-refractivity contribution in [2.45, 2.75) is 40.5 Å². The van der Waals surface area contributed by atoms with Gasteiger partial charge in [-0.25, -0.2) is 4.79 Å². The smallest absolute Gasteiger partial charge is 0.379 e. The van der Waals surface area contributed by atoms with Gasteiger partial charge in [0.05, 0.1) is 6.61 Å². The molecule has 0 aliphatic rings. The molecule has 90 valence electrons. The van der Waals surface area contributed by atoms with Crippen LogP contribution in [0.3, 0.4) is 0 Å². The van der Waals surface area contributed by atoms with Gasteiger partial charge < -0.3 is 9.26 Å². The Hall–Kier alpha value is -1.39. The van der Waals surface area contributed by atoms with E-state index in [1.807, 2.05) is 0 Å². The summed E-state index contributed by atoms with van der Waals surface area (Å²) < 4.78 is 9.78. The van der Waals surface area contributed by atoms with Gasteiger partial charge in [0.1, 0.15) is 0 Å². The van der Waals surface area contributed by atoms with Crippen LogP contribution in [-0.4, -0.2) is 22.7 Å². The predicted octanol–water partition coefficient (Wildman–Crippen LogP) is 2.23. The largest absolute Gasteiger partial charge is 0.460 e. The Morgan fingerprint density at radius 1 is 1.44 bits per heavy atom. The van der Waals surface area contributed by atoms with E-state index in [1.165, 1.54) is 0 Å². The number of aromatic nitrogens is 2. The fraction of sp³-hybridized carbons (Fsp3) is 0.727. The third kappa shape index (κ3) is 3.32. The highest BCUT2D eigenvalue weighted by Crippen LogP contribution is 2.24. The fourth-order valence-electron chi connectivity index (χ4n) is 1.14. The molecule has 0 saturated carbocycles. The lowest BCUT2D eigenvalue weighted by atomic mass is 9.87. The first-order chi connectivity index (χ1) is 7.48. The fourth-order valence-corrected chi connectivity index (χ4v) is 1.14. The predicted molar refractivity (Wildman–Crippen MR) is 58.0 cm³/mol. The van der Waals surface area contributed by atoms with Crippen molar-refractivity contribution in [3.05, 3.63) is 11.7 Å². The van der Waals surface area contributed by atoms with E-state index in [4.69, 9.17) is 9.26 Å². The van der Waals surface area contributed by atoms with E-state index in [1.54, 1.807) is 6.92 Å². The Balaban J connectivity index is 2.68. The van der Waals surface area contributed by atoms with Crippen molar-refractivity contribution in [1.29, 1.82) is 0 Å². The summed E-state index contributed by atoms with van der Waals surface area (Å²) >= 11 is 0. The molecular formula is C11H18N2O3. The van der Waals surface area contributed by atoms with E-state index in [0.29, 0.717) is 18.9 Å². The molecule has 0 aliphatic carbocycles. The van der Waals surface area contributed by atoms with Gasteiger partial charge in [-0.15, -0.1) is 0 Å². The summed E-state index contributed by atoms with van der Waals surface area (Å²) in [5, 5.41) is 3.59. The van der Waals surface area contributed by atoms with Crippen molar-refractivity contribution >= 4 is 5.97 Å². The van der Waals surface area contributed by atoms with Gasteiger partial charge >= 0.3 is 5.97 Å². The van der Waals surface area contributed by atoms with Crippen LogP contribution in [0.1, 0.15) is 50.6 Å². The molecule has 1 aromatic rings. The molecule has 1 rings (SSSR count). The molecule has 0 unspecified atom stereocenters. The quantitative estimate of drug-likeness (QED) is 0.720. The number of ether oxygens (including phenoxy) is 1. The highest BCUT2D eigenvalue weighted by molar-refractivity contribution is 5.84. The first-order valence-corrected chi connectivity index (χ1v) is 5.48. The van der Waals surface area contributed by atoms with Gasteiger partial charge in [-0.2, -0.15) is 4.98 Å². The number of carbonyl (C=O) groups is 1. The van der Waals surface area contributed by atoms with Crippen molar-refractivity contribution in [3.8, 4) is 0 Å². The van der Waals surface area contributed by atoms with Crippen LogP contribution in [0, 0.1) is 5.41 Å². The maximum atomic E-state index is 11.3. The van der Waals surface area contributed by atoms with Crippen molar-refractivity contribution in [1.82, 2.24) is 10.1 Å². The number of nitrogens with zero attached hydrogens (tertiary/aromatic N) is 2. The topological polar surface area (TPSA) is 65.2 Å². The van der Waals surface area contributed by atoms with E-state index in [-0.39, 0.29) is 11.2 Å². The summed E-state index contributed by atoms with van der Waals surface area (Å²) in [6.45, 7) is 8.37. The van der Waals surface area contributed by atoms with Crippen LogP contribution in [0.2, 0.25) is 0 Å². The van der Waals surface area contributed by atoms with Gasteiger partial charge in [0.25, 0.3) is 5.82 Å². The minimum absolute atomic E-state index is 0.00348. The second-order valence-corrected chi connectivity index (χ2v) is 4.43. The molecule has 1 aromatic heterocycles. The molecular weight excluding hydrogens is 208 g/mol. The lowest BCUT2D eigenvalue weighted by molar-refractivity contribution is 0.0508. The van der Waals surface area contributed by atoms with E-state index < -0.39 is 5.97 Å². The summed E-state index contributed by atoms with van der Waals surface area (Å²) in [5.74, 6) is -0.0505. The number of hydrogen-bond acceptors (Lipinski definition) is 5. The molecule has 0 atom stereocenters. The summed E-state index contributed by atoms with van der Waals surface area (Å²) in [5.41, 5.74) is 0.0957. The van der Waals surface area contributed by atoms with Gasteiger partial charge in [0, 0.05) is 6.42 Å². The maximum absolute atomic E-state index is 11.3. The second-order valence-electron chi connectivity index (χ2n) is 4.43. The normalized spacial score (nSPS) is 11.5.